The third-order valence-electron chi connectivity index (χ3n) is 12.3. The lowest BCUT2D eigenvalue weighted by atomic mass is 9.99. The van der Waals surface area contributed by atoms with E-state index in [0.717, 1.165) is 0 Å². The molecule has 8 atom stereocenters. The average Bonchev–Trinajstić information content (AvgIpc) is 3.83. The largest absolute Gasteiger partial charge is 0.480 e. The maximum Gasteiger partial charge on any atom is 0.326 e. The number of carbonyl (C=O) groups is 10. The molecule has 0 unspecified atom stereocenters. The number of nitrogens with two attached hydrogens (primary N) is 3. The Bertz CT molecular complexity index is 2200. The van der Waals surface area contributed by atoms with E-state index in [1.165, 1.54) is 4.90 Å². The lowest BCUT2D eigenvalue weighted by Crippen LogP contribution is -2.60. The van der Waals surface area contributed by atoms with Crippen molar-refractivity contribution >= 4 is 59.1 Å². The lowest BCUT2D eigenvalue weighted by Gasteiger charge is -2.31. The molecule has 1 fully saturated rings. The van der Waals surface area contributed by atoms with Crippen LogP contribution in [0.5, 0.6) is 0 Å². The van der Waals surface area contributed by atoms with Crippen molar-refractivity contribution in [3.05, 3.63) is 71.8 Å². The highest BCUT2D eigenvalue weighted by Crippen LogP contribution is 2.21. The van der Waals surface area contributed by atoms with Gasteiger partial charge in [-0.05, 0) is 67.5 Å². The monoisotopic (exact) mass is 1020 g/mol. The van der Waals surface area contributed by atoms with E-state index in [-0.39, 0.29) is 38.1 Å². The zero-order valence-corrected chi connectivity index (χ0v) is 42.8. The van der Waals surface area contributed by atoms with E-state index in [4.69, 9.17) is 17.2 Å². The smallest absolute Gasteiger partial charge is 0.326 e. The number of amides is 9. The lowest BCUT2D eigenvalue weighted by molar-refractivity contribution is -0.144. The minimum atomic E-state index is -1.61. The minimum absolute atomic E-state index is 0.0317. The first kappa shape index (κ1) is 60.4. The van der Waals surface area contributed by atoms with Crippen LogP contribution < -0.4 is 54.4 Å². The summed E-state index contributed by atoms with van der Waals surface area (Å²) < 4.78 is 0. The number of nitrogens with zero attached hydrogens (tertiary/aromatic N) is 1. The number of unbranched alkanes of at least 4 members (excludes halogenated alkanes) is 1. The standard InChI is InChI=1S/C51H77N11O11/c1-29(2)24-38(59-44(65)34(53)20-13-14-22-52)50(71)62-23-15-21-39(62)48(69)58-37(27-40(54)63)46(67)57-35(25-32-16-9-7-10-17-32)45(66)55-28-41(64)56-36(26-33-18-11-8-12-19-33)47(68)60-42(30(3)4)49(70)61-43(31(5)6)51(72)73/h7-12,16-19,29-31,34-39,42-43H,13-15,20-28,52-53H2,1-6H3,(H2,54,63)(H,55,66)(H,56,64)(H,57,67)(H,58,69)(H,59,65)(H,60,68)(H,61,70)(H,72,73)/t34-,35-,36-,37-,38-,39-,42-,43-/m0/s1. The molecular formula is C51H77N11O11. The van der Waals surface area contributed by atoms with Crippen molar-refractivity contribution in [2.24, 2.45) is 35.0 Å². The van der Waals surface area contributed by atoms with E-state index in [2.05, 4.69) is 37.2 Å². The van der Waals surface area contributed by atoms with Gasteiger partial charge < -0.3 is 64.4 Å². The van der Waals surface area contributed by atoms with Gasteiger partial charge in [-0.1, -0.05) is 109 Å². The van der Waals surface area contributed by atoms with E-state index < -0.39 is 132 Å². The van der Waals surface area contributed by atoms with Gasteiger partial charge in [0.2, 0.25) is 53.2 Å². The Morgan fingerprint density at radius 3 is 1.70 bits per heavy atom. The number of carboxylic acids is 1. The summed E-state index contributed by atoms with van der Waals surface area (Å²) in [4.78, 5) is 135. The molecule has 0 aliphatic carbocycles. The molecule has 402 valence electrons. The van der Waals surface area contributed by atoms with Crippen molar-refractivity contribution in [1.82, 2.24) is 42.1 Å². The summed E-state index contributed by atoms with van der Waals surface area (Å²) in [5, 5.41) is 27.8. The number of hydrogen-bond donors (Lipinski definition) is 11. The van der Waals surface area contributed by atoms with Crippen LogP contribution in [0.25, 0.3) is 0 Å². The van der Waals surface area contributed by atoms with Gasteiger partial charge in [0.25, 0.3) is 0 Å². The fraction of sp³-hybridized carbons (Fsp3) is 0.569. The van der Waals surface area contributed by atoms with Crippen LogP contribution in [0.3, 0.4) is 0 Å². The van der Waals surface area contributed by atoms with E-state index in [1.54, 1.807) is 88.4 Å². The van der Waals surface area contributed by atoms with Crippen LogP contribution in [-0.2, 0) is 60.8 Å². The molecule has 73 heavy (non-hydrogen) atoms. The molecule has 0 bridgehead atoms. The molecule has 9 amide bonds. The summed E-state index contributed by atoms with van der Waals surface area (Å²) in [5.74, 6) is -9.12. The van der Waals surface area contributed by atoms with Crippen molar-refractivity contribution in [2.45, 2.75) is 148 Å². The topological polar surface area (TPSA) is 356 Å². The Hall–Kier alpha value is -6.94. The quantitative estimate of drug-likeness (QED) is 0.0431. The zero-order valence-electron chi connectivity index (χ0n) is 42.8. The Kier molecular flexibility index (Phi) is 25.0. The number of carbonyl (C=O) groups excluding carboxylic acids is 9. The molecule has 1 aliphatic heterocycles. The normalized spacial score (nSPS) is 16.2. The maximum atomic E-state index is 14.1. The Balaban J connectivity index is 1.80. The first-order valence-electron chi connectivity index (χ1n) is 25.0. The third-order valence-corrected chi connectivity index (χ3v) is 12.3. The van der Waals surface area contributed by atoms with E-state index in [1.807, 2.05) is 13.8 Å². The summed E-state index contributed by atoms with van der Waals surface area (Å²) in [5.41, 5.74) is 18.5. The predicted molar refractivity (Wildman–Crippen MR) is 271 cm³/mol. The maximum absolute atomic E-state index is 14.1. The summed E-state index contributed by atoms with van der Waals surface area (Å²) in [7, 11) is 0. The van der Waals surface area contributed by atoms with Gasteiger partial charge in [-0.3, -0.25) is 43.2 Å². The first-order valence-corrected chi connectivity index (χ1v) is 25.0. The van der Waals surface area contributed by atoms with Crippen LogP contribution in [0, 0.1) is 17.8 Å². The first-order chi connectivity index (χ1) is 34.5. The van der Waals surface area contributed by atoms with Gasteiger partial charge in [-0.2, -0.15) is 0 Å². The number of benzene rings is 2. The summed E-state index contributed by atoms with van der Waals surface area (Å²) in [6.07, 6.45) is 1.72. The van der Waals surface area contributed by atoms with Gasteiger partial charge in [-0.15, -0.1) is 0 Å². The molecule has 0 saturated carbocycles. The molecule has 22 nitrogen and oxygen atoms in total. The molecule has 3 rings (SSSR count). The number of carboxylic acid groups (broad SMARTS) is 1. The summed E-state index contributed by atoms with van der Waals surface area (Å²) >= 11 is 0. The molecule has 22 heteroatoms. The molecule has 1 aliphatic rings. The Labute approximate surface area is 427 Å². The summed E-state index contributed by atoms with van der Waals surface area (Å²) in [6.45, 7) is 10.3. The van der Waals surface area contributed by atoms with Crippen molar-refractivity contribution in [2.75, 3.05) is 19.6 Å². The highest BCUT2D eigenvalue weighted by atomic mass is 16.4. The van der Waals surface area contributed by atoms with Crippen molar-refractivity contribution in [3.63, 3.8) is 0 Å². The second kappa shape index (κ2) is 30.2. The second-order valence-corrected chi connectivity index (χ2v) is 19.6. The zero-order chi connectivity index (χ0) is 54.4. The van der Waals surface area contributed by atoms with E-state index in [0.29, 0.717) is 43.4 Å². The third kappa shape index (κ3) is 20.2. The second-order valence-electron chi connectivity index (χ2n) is 19.6. The Morgan fingerprint density at radius 1 is 0.644 bits per heavy atom. The molecule has 2 aromatic rings. The SMILES string of the molecule is CC(C)C[C@H](NC(=O)[C@@H](N)CCCCN)C(=O)N1CCC[C@H]1C(=O)N[C@@H](CC(N)=O)C(=O)N[C@@H](Cc1ccccc1)C(=O)NCC(=O)N[C@@H](Cc1ccccc1)C(=O)N[C@H](C(=O)N[C@H](C(=O)O)C(C)C)C(C)C. The number of likely N-dealkylation sites (tertiary alicyclic amines) is 1. The highest BCUT2D eigenvalue weighted by molar-refractivity contribution is 5.99. The van der Waals surface area contributed by atoms with Crippen LogP contribution in [-0.4, -0.2) is 137 Å². The van der Waals surface area contributed by atoms with Crippen LogP contribution in [0.2, 0.25) is 0 Å². The number of nitrogens with one attached hydrogen (secondary N) is 7. The number of hydrogen-bond acceptors (Lipinski definition) is 12. The average molecular weight is 1020 g/mol. The molecule has 0 aromatic heterocycles. The molecule has 14 N–H and O–H groups in total. The molecule has 1 heterocycles. The summed E-state index contributed by atoms with van der Waals surface area (Å²) in [6, 6.07) is 7.58. The predicted octanol–water partition coefficient (Wildman–Crippen LogP) is -0.738. The van der Waals surface area contributed by atoms with Crippen LogP contribution in [0.1, 0.15) is 97.6 Å². The fourth-order valence-electron chi connectivity index (χ4n) is 8.26. The van der Waals surface area contributed by atoms with E-state index >= 15 is 0 Å². The molecule has 2 aromatic carbocycles. The Morgan fingerprint density at radius 2 is 1.18 bits per heavy atom. The van der Waals surface area contributed by atoms with E-state index in [9.17, 15) is 53.1 Å². The van der Waals surface area contributed by atoms with Crippen LogP contribution >= 0.6 is 0 Å². The number of primary amides is 1. The molecule has 0 radical (unpaired) electrons. The molecular weight excluding hydrogens is 943 g/mol. The van der Waals surface area contributed by atoms with Crippen molar-refractivity contribution < 1.29 is 53.1 Å². The van der Waals surface area contributed by atoms with Gasteiger partial charge in [0, 0.05) is 19.4 Å². The van der Waals surface area contributed by atoms with Gasteiger partial charge in [0.05, 0.1) is 19.0 Å². The van der Waals surface area contributed by atoms with Gasteiger partial charge in [-0.25, -0.2) is 4.79 Å². The minimum Gasteiger partial charge on any atom is -0.480 e. The molecule has 0 spiro atoms. The van der Waals surface area contributed by atoms with Crippen molar-refractivity contribution in [3.8, 4) is 0 Å². The van der Waals surface area contributed by atoms with Gasteiger partial charge in [0.1, 0.15) is 42.3 Å². The fourth-order valence-corrected chi connectivity index (χ4v) is 8.26. The van der Waals surface area contributed by atoms with Gasteiger partial charge in [0.15, 0.2) is 0 Å². The highest BCUT2D eigenvalue weighted by Gasteiger charge is 2.40. The van der Waals surface area contributed by atoms with Crippen molar-refractivity contribution in [1.29, 1.82) is 0 Å². The number of aliphatic carboxylic acids is 1. The van der Waals surface area contributed by atoms with Gasteiger partial charge >= 0.3 is 5.97 Å². The number of rotatable bonds is 30. The van der Waals surface area contributed by atoms with Crippen LogP contribution in [0.15, 0.2) is 60.7 Å². The van der Waals surface area contributed by atoms with Crippen LogP contribution in [0.4, 0.5) is 0 Å². The molecule has 1 saturated heterocycles.